The number of piperidine rings is 1. The Labute approximate surface area is 225 Å². The highest BCUT2D eigenvalue weighted by Crippen LogP contribution is 2.25. The first-order valence-corrected chi connectivity index (χ1v) is 14.7. The van der Waals surface area contributed by atoms with Crippen molar-refractivity contribution in [3.05, 3.63) is 54.1 Å². The van der Waals surface area contributed by atoms with Crippen molar-refractivity contribution in [3.8, 4) is 0 Å². The lowest BCUT2D eigenvalue weighted by molar-refractivity contribution is 0.199. The molecule has 0 aliphatic carbocycles. The molecular formula is C27H39N5O5S. The average molecular weight is 546 g/mol. The fourth-order valence-electron chi connectivity index (χ4n) is 4.47. The highest BCUT2D eigenvalue weighted by molar-refractivity contribution is 7.89. The zero-order valence-electron chi connectivity index (χ0n) is 21.9. The smallest absolute Gasteiger partial charge is 0.420 e. The van der Waals surface area contributed by atoms with Gasteiger partial charge in [0.05, 0.1) is 10.6 Å². The number of hydrogen-bond donors (Lipinski definition) is 4. The van der Waals surface area contributed by atoms with E-state index in [0.717, 1.165) is 37.8 Å². The molecule has 0 unspecified atom stereocenters. The molecule has 0 saturated carbocycles. The monoisotopic (exact) mass is 545 g/mol. The molecule has 0 spiro atoms. The molecule has 1 saturated heterocycles. The first-order valence-electron chi connectivity index (χ1n) is 13.2. The summed E-state index contributed by atoms with van der Waals surface area (Å²) in [5, 5.41) is 15.7. The number of carbonyl (C=O) groups is 2. The Kier molecular flexibility index (Phi) is 10.9. The van der Waals surface area contributed by atoms with Gasteiger partial charge in [-0.15, -0.1) is 0 Å². The minimum Gasteiger partial charge on any atom is -0.464 e. The molecule has 208 valence electrons. The number of rotatable bonds is 12. The fraction of sp³-hybridized carbons (Fsp3) is 0.481. The van der Waals surface area contributed by atoms with E-state index in [4.69, 9.17) is 5.73 Å². The van der Waals surface area contributed by atoms with Crippen LogP contribution in [-0.4, -0.2) is 62.2 Å². The van der Waals surface area contributed by atoms with Crippen molar-refractivity contribution in [1.29, 1.82) is 0 Å². The molecule has 38 heavy (non-hydrogen) atoms. The Morgan fingerprint density at radius 2 is 1.68 bits per heavy atom. The van der Waals surface area contributed by atoms with Gasteiger partial charge in [-0.1, -0.05) is 38.3 Å². The van der Waals surface area contributed by atoms with Crippen LogP contribution in [0.4, 0.5) is 21.0 Å². The van der Waals surface area contributed by atoms with Crippen LogP contribution in [0.25, 0.3) is 0 Å². The molecule has 0 bridgehead atoms. The minimum atomic E-state index is -3.75. The lowest BCUT2D eigenvalue weighted by atomic mass is 10.1. The SMILES string of the molecule is CCCCCCNC(=O)N(C(=O)O)c1ccc(S(=O)(=O)N2CCC(Nc3ccc(CCN)cc3)CC2)cc1. The number of amides is 3. The second kappa shape index (κ2) is 14.1. The molecule has 2 aromatic rings. The van der Waals surface area contributed by atoms with Gasteiger partial charge in [0, 0.05) is 31.4 Å². The van der Waals surface area contributed by atoms with Gasteiger partial charge in [-0.3, -0.25) is 0 Å². The van der Waals surface area contributed by atoms with Gasteiger partial charge in [-0.2, -0.15) is 9.21 Å². The van der Waals surface area contributed by atoms with Crippen LogP contribution >= 0.6 is 0 Å². The summed E-state index contributed by atoms with van der Waals surface area (Å²) in [4.78, 5) is 24.8. The number of nitrogens with zero attached hydrogens (tertiary/aromatic N) is 2. The van der Waals surface area contributed by atoms with Crippen LogP contribution in [0.1, 0.15) is 51.0 Å². The summed E-state index contributed by atoms with van der Waals surface area (Å²) in [6.45, 7) is 3.80. The number of sulfonamides is 1. The van der Waals surface area contributed by atoms with Crippen LogP contribution in [0.5, 0.6) is 0 Å². The van der Waals surface area contributed by atoms with Gasteiger partial charge in [0.1, 0.15) is 0 Å². The van der Waals surface area contributed by atoms with E-state index in [2.05, 4.69) is 17.6 Å². The topological polar surface area (TPSA) is 145 Å². The number of carbonyl (C=O) groups excluding carboxylic acids is 1. The number of benzene rings is 2. The number of unbranched alkanes of at least 4 members (excludes halogenated alkanes) is 3. The van der Waals surface area contributed by atoms with E-state index < -0.39 is 22.1 Å². The van der Waals surface area contributed by atoms with Crippen molar-refractivity contribution >= 4 is 33.5 Å². The van der Waals surface area contributed by atoms with Gasteiger partial charge in [-0.05, 0) is 74.2 Å². The number of nitrogens with one attached hydrogen (secondary N) is 2. The second-order valence-electron chi connectivity index (χ2n) is 9.46. The molecule has 1 aliphatic rings. The molecule has 1 fully saturated rings. The largest absolute Gasteiger partial charge is 0.464 e. The number of hydrogen-bond acceptors (Lipinski definition) is 6. The summed E-state index contributed by atoms with van der Waals surface area (Å²) >= 11 is 0. The minimum absolute atomic E-state index is 0.0634. The maximum Gasteiger partial charge on any atom is 0.420 e. The molecule has 0 radical (unpaired) electrons. The predicted molar refractivity (Wildman–Crippen MR) is 149 cm³/mol. The third kappa shape index (κ3) is 7.92. The van der Waals surface area contributed by atoms with Gasteiger partial charge in [0.15, 0.2) is 0 Å². The second-order valence-corrected chi connectivity index (χ2v) is 11.4. The van der Waals surface area contributed by atoms with Crippen LogP contribution < -0.4 is 21.3 Å². The van der Waals surface area contributed by atoms with Gasteiger partial charge in [0.25, 0.3) is 0 Å². The summed E-state index contributed by atoms with van der Waals surface area (Å²) in [7, 11) is -3.75. The molecule has 5 N–H and O–H groups in total. The lowest BCUT2D eigenvalue weighted by Crippen LogP contribution is -2.44. The predicted octanol–water partition coefficient (Wildman–Crippen LogP) is 4.23. The highest BCUT2D eigenvalue weighted by atomic mass is 32.2. The summed E-state index contributed by atoms with van der Waals surface area (Å²) in [5.74, 6) is 0. The van der Waals surface area contributed by atoms with E-state index in [1.54, 1.807) is 0 Å². The van der Waals surface area contributed by atoms with Crippen molar-refractivity contribution in [2.75, 3.05) is 36.4 Å². The third-order valence-corrected chi connectivity index (χ3v) is 8.56. The van der Waals surface area contributed by atoms with Gasteiger partial charge in [-0.25, -0.2) is 18.0 Å². The van der Waals surface area contributed by atoms with Gasteiger partial charge < -0.3 is 21.5 Å². The van der Waals surface area contributed by atoms with E-state index in [1.165, 1.54) is 34.1 Å². The van der Waals surface area contributed by atoms with Crippen molar-refractivity contribution in [2.45, 2.75) is 62.8 Å². The van der Waals surface area contributed by atoms with Crippen LogP contribution in [0, 0.1) is 0 Å². The standard InChI is InChI=1S/C27H39N5O5S/c1-2-3-4-5-18-29-26(33)32(27(34)35)24-10-12-25(13-11-24)38(36,37)31-19-15-23(16-20-31)30-22-8-6-21(7-9-22)14-17-28/h6-13,23,30H,2-5,14-20,28H2,1H3,(H,29,33)(H,34,35). The zero-order chi connectivity index (χ0) is 27.5. The number of carboxylic acid groups (broad SMARTS) is 1. The summed E-state index contributed by atoms with van der Waals surface area (Å²) < 4.78 is 27.9. The molecule has 2 aromatic carbocycles. The Bertz CT molecular complexity index is 1150. The van der Waals surface area contributed by atoms with E-state index in [0.29, 0.717) is 43.9 Å². The molecule has 11 heteroatoms. The molecule has 0 atom stereocenters. The fourth-order valence-corrected chi connectivity index (χ4v) is 5.94. The van der Waals surface area contributed by atoms with E-state index >= 15 is 0 Å². The first kappa shape index (κ1) is 29.4. The third-order valence-electron chi connectivity index (χ3n) is 6.65. The summed E-state index contributed by atoms with van der Waals surface area (Å²) in [5.41, 5.74) is 7.86. The lowest BCUT2D eigenvalue weighted by Gasteiger charge is -2.32. The molecule has 1 heterocycles. The van der Waals surface area contributed by atoms with Crippen molar-refractivity contribution in [3.63, 3.8) is 0 Å². The van der Waals surface area contributed by atoms with Gasteiger partial charge in [0.2, 0.25) is 10.0 Å². The van der Waals surface area contributed by atoms with Crippen molar-refractivity contribution in [2.24, 2.45) is 5.73 Å². The van der Waals surface area contributed by atoms with Crippen LogP contribution in [0.2, 0.25) is 0 Å². The number of nitrogens with two attached hydrogens (primary N) is 1. The summed E-state index contributed by atoms with van der Waals surface area (Å²) in [6, 6.07) is 12.9. The van der Waals surface area contributed by atoms with Crippen molar-refractivity contribution in [1.82, 2.24) is 9.62 Å². The quantitative estimate of drug-likeness (QED) is 0.292. The van der Waals surface area contributed by atoms with E-state index in [9.17, 15) is 23.1 Å². The highest BCUT2D eigenvalue weighted by Gasteiger charge is 2.30. The summed E-state index contributed by atoms with van der Waals surface area (Å²) in [6.07, 6.45) is 4.53. The Morgan fingerprint density at radius 3 is 2.26 bits per heavy atom. The Hall–Kier alpha value is -3.15. The maximum atomic E-state index is 13.2. The van der Waals surface area contributed by atoms with Gasteiger partial charge >= 0.3 is 12.1 Å². The van der Waals surface area contributed by atoms with Crippen LogP contribution in [-0.2, 0) is 16.4 Å². The van der Waals surface area contributed by atoms with Crippen LogP contribution in [0.15, 0.2) is 53.4 Å². The van der Waals surface area contributed by atoms with Crippen molar-refractivity contribution < 1.29 is 23.1 Å². The maximum absolute atomic E-state index is 13.2. The zero-order valence-corrected chi connectivity index (χ0v) is 22.8. The van der Waals surface area contributed by atoms with Crippen LogP contribution in [0.3, 0.4) is 0 Å². The molecule has 10 nitrogen and oxygen atoms in total. The molecule has 3 amide bonds. The molecule has 3 rings (SSSR count). The van der Waals surface area contributed by atoms with E-state index in [1.807, 2.05) is 24.3 Å². The Balaban J connectivity index is 1.57. The normalized spacial score (nSPS) is 14.7. The molecule has 1 aliphatic heterocycles. The first-order chi connectivity index (χ1) is 18.3. The molecule has 0 aromatic heterocycles. The number of anilines is 2. The molecular weight excluding hydrogens is 506 g/mol. The Morgan fingerprint density at radius 1 is 1.03 bits per heavy atom. The van der Waals surface area contributed by atoms with E-state index in [-0.39, 0.29) is 16.6 Å². The average Bonchev–Trinajstić information content (AvgIpc) is 2.90. The number of imide groups is 1. The number of urea groups is 1.